The first kappa shape index (κ1) is 22.4. The fourth-order valence-corrected chi connectivity index (χ4v) is 3.90. The van der Waals surface area contributed by atoms with Crippen LogP contribution in [0, 0.1) is 0 Å². The quantitative estimate of drug-likeness (QED) is 0.433. The molecule has 0 radical (unpaired) electrons. The molecule has 0 fully saturated rings. The van der Waals surface area contributed by atoms with Gasteiger partial charge in [-0.15, -0.1) is 0 Å². The lowest BCUT2D eigenvalue weighted by atomic mass is 10.00. The van der Waals surface area contributed by atoms with Crippen LogP contribution in [0.4, 0.5) is 0 Å². The number of carbonyl (C=O) groups excluding carboxylic acids is 1. The summed E-state index contributed by atoms with van der Waals surface area (Å²) in [6.07, 6.45) is 3.44. The van der Waals surface area contributed by atoms with Crippen LogP contribution in [-0.2, 0) is 11.3 Å². The van der Waals surface area contributed by atoms with Crippen molar-refractivity contribution in [2.75, 3.05) is 20.7 Å². The van der Waals surface area contributed by atoms with Gasteiger partial charge in [-0.25, -0.2) is 9.97 Å². The van der Waals surface area contributed by atoms with Crippen molar-refractivity contribution in [3.8, 4) is 17.1 Å². The van der Waals surface area contributed by atoms with Crippen molar-refractivity contribution >= 4 is 16.7 Å². The first-order chi connectivity index (χ1) is 16.0. The van der Waals surface area contributed by atoms with Crippen molar-refractivity contribution in [2.45, 2.75) is 19.5 Å². The molecule has 0 spiro atoms. The zero-order chi connectivity index (χ0) is 23.2. The van der Waals surface area contributed by atoms with Gasteiger partial charge < -0.3 is 15.0 Å². The second kappa shape index (κ2) is 10.2. The molecule has 4 rings (SSSR count). The molecule has 4 aromatic rings. The van der Waals surface area contributed by atoms with Gasteiger partial charge in [-0.2, -0.15) is 0 Å². The Morgan fingerprint density at radius 3 is 2.55 bits per heavy atom. The van der Waals surface area contributed by atoms with Crippen LogP contribution in [-0.4, -0.2) is 41.5 Å². The molecule has 33 heavy (non-hydrogen) atoms. The molecule has 1 heterocycles. The van der Waals surface area contributed by atoms with Gasteiger partial charge in [-0.1, -0.05) is 42.5 Å². The Labute approximate surface area is 194 Å². The van der Waals surface area contributed by atoms with Gasteiger partial charge in [0, 0.05) is 30.1 Å². The van der Waals surface area contributed by atoms with Gasteiger partial charge in [0.1, 0.15) is 5.75 Å². The van der Waals surface area contributed by atoms with Crippen LogP contribution >= 0.6 is 0 Å². The molecule has 0 unspecified atom stereocenters. The second-order valence-electron chi connectivity index (χ2n) is 8.28. The molecular weight excluding hydrogens is 412 g/mol. The van der Waals surface area contributed by atoms with Crippen LogP contribution in [0.5, 0.6) is 5.75 Å². The van der Waals surface area contributed by atoms with E-state index in [0.29, 0.717) is 18.1 Å². The lowest BCUT2D eigenvalue weighted by Crippen LogP contribution is -2.31. The Morgan fingerprint density at radius 2 is 1.76 bits per heavy atom. The molecule has 6 heteroatoms. The normalized spacial score (nSPS) is 12.0. The van der Waals surface area contributed by atoms with Gasteiger partial charge in [0.25, 0.3) is 5.91 Å². The van der Waals surface area contributed by atoms with Gasteiger partial charge in [-0.05, 0) is 61.6 Å². The maximum atomic E-state index is 12.7. The summed E-state index contributed by atoms with van der Waals surface area (Å²) in [6, 6.07) is 21.8. The van der Waals surface area contributed by atoms with Crippen LogP contribution in [0.25, 0.3) is 22.2 Å². The number of nitrogens with one attached hydrogen (secondary N) is 1. The van der Waals surface area contributed by atoms with Crippen molar-refractivity contribution in [3.63, 3.8) is 0 Å². The average molecular weight is 441 g/mol. The summed E-state index contributed by atoms with van der Waals surface area (Å²) in [6.45, 7) is 2.60. The summed E-state index contributed by atoms with van der Waals surface area (Å²) in [5.74, 6) is 1.17. The molecule has 1 N–H and O–H groups in total. The van der Waals surface area contributed by atoms with Crippen LogP contribution in [0.1, 0.15) is 24.1 Å². The fraction of sp³-hybridized carbons (Fsp3) is 0.222. The summed E-state index contributed by atoms with van der Waals surface area (Å²) in [4.78, 5) is 23.4. The van der Waals surface area contributed by atoms with Gasteiger partial charge in [0.2, 0.25) is 0 Å². The first-order valence-electron chi connectivity index (χ1n) is 11.0. The third kappa shape index (κ3) is 5.54. The number of benzene rings is 3. The monoisotopic (exact) mass is 440 g/mol. The van der Waals surface area contributed by atoms with Crippen molar-refractivity contribution in [1.82, 2.24) is 20.2 Å². The lowest BCUT2D eigenvalue weighted by Gasteiger charge is -2.18. The molecule has 0 saturated carbocycles. The van der Waals surface area contributed by atoms with E-state index in [1.165, 1.54) is 0 Å². The Hall–Kier alpha value is -3.77. The zero-order valence-electron chi connectivity index (χ0n) is 19.2. The summed E-state index contributed by atoms with van der Waals surface area (Å²) in [7, 11) is 3.99. The summed E-state index contributed by atoms with van der Waals surface area (Å²) >= 11 is 0. The predicted octanol–water partition coefficient (Wildman–Crippen LogP) is 4.61. The van der Waals surface area contributed by atoms with E-state index in [9.17, 15) is 4.79 Å². The van der Waals surface area contributed by atoms with E-state index in [4.69, 9.17) is 4.74 Å². The fourth-order valence-electron chi connectivity index (χ4n) is 3.90. The Kier molecular flexibility index (Phi) is 6.95. The molecule has 0 saturated heterocycles. The van der Waals surface area contributed by atoms with E-state index in [0.717, 1.165) is 27.5 Å². The Bertz CT molecular complexity index is 1240. The second-order valence-corrected chi connectivity index (χ2v) is 8.28. The van der Waals surface area contributed by atoms with Crippen molar-refractivity contribution in [3.05, 3.63) is 90.3 Å². The maximum absolute atomic E-state index is 12.7. The highest BCUT2D eigenvalue weighted by atomic mass is 16.5. The molecular formula is C27H28N4O2. The van der Waals surface area contributed by atoms with Gasteiger partial charge in [0.05, 0.1) is 6.04 Å². The molecule has 6 nitrogen and oxygen atoms in total. The zero-order valence-corrected chi connectivity index (χ0v) is 19.2. The molecule has 0 bridgehead atoms. The third-order valence-electron chi connectivity index (χ3n) is 5.40. The summed E-state index contributed by atoms with van der Waals surface area (Å²) < 4.78 is 5.94. The number of carbonyl (C=O) groups is 1. The summed E-state index contributed by atoms with van der Waals surface area (Å²) in [5.41, 5.74) is 2.97. The van der Waals surface area contributed by atoms with Gasteiger partial charge >= 0.3 is 0 Å². The van der Waals surface area contributed by atoms with E-state index in [-0.39, 0.29) is 18.6 Å². The number of hydrogen-bond donors (Lipinski definition) is 1. The molecule has 3 aromatic carbocycles. The first-order valence-corrected chi connectivity index (χ1v) is 11.0. The highest BCUT2D eigenvalue weighted by Crippen LogP contribution is 2.26. The highest BCUT2D eigenvalue weighted by molar-refractivity contribution is 5.87. The number of aromatic nitrogens is 2. The number of fused-ring (bicyclic) bond motifs is 1. The van der Waals surface area contributed by atoms with Crippen LogP contribution in [0.15, 0.2) is 79.1 Å². The molecule has 168 valence electrons. The number of rotatable bonds is 8. The minimum absolute atomic E-state index is 0.0588. The summed E-state index contributed by atoms with van der Waals surface area (Å²) in [5, 5.41) is 5.36. The molecule has 1 atom stereocenters. The van der Waals surface area contributed by atoms with Crippen LogP contribution < -0.4 is 10.1 Å². The largest absolute Gasteiger partial charge is 0.483 e. The number of hydrogen-bond acceptors (Lipinski definition) is 5. The average Bonchev–Trinajstić information content (AvgIpc) is 2.83. The smallest absolute Gasteiger partial charge is 0.258 e. The minimum atomic E-state index is -0.165. The Balaban J connectivity index is 1.46. The number of amides is 1. The molecule has 1 amide bonds. The topological polar surface area (TPSA) is 67.3 Å². The Morgan fingerprint density at radius 1 is 1.00 bits per heavy atom. The third-order valence-corrected chi connectivity index (χ3v) is 5.40. The van der Waals surface area contributed by atoms with Crippen LogP contribution in [0.3, 0.4) is 0 Å². The van der Waals surface area contributed by atoms with Crippen LogP contribution in [0.2, 0.25) is 0 Å². The molecule has 0 aliphatic carbocycles. The number of ether oxygens (including phenoxy) is 1. The highest BCUT2D eigenvalue weighted by Gasteiger charge is 2.15. The van der Waals surface area contributed by atoms with E-state index < -0.39 is 0 Å². The predicted molar refractivity (Wildman–Crippen MR) is 131 cm³/mol. The van der Waals surface area contributed by atoms with Crippen molar-refractivity contribution < 1.29 is 9.53 Å². The number of nitrogens with zero attached hydrogens (tertiary/aromatic N) is 3. The molecule has 1 aromatic heterocycles. The minimum Gasteiger partial charge on any atom is -0.483 e. The van der Waals surface area contributed by atoms with E-state index >= 15 is 0 Å². The molecule has 0 aliphatic rings. The SMILES string of the molecule is C[C@H](NC(=O)COc1ccc(-c2ncccn2)cc1CN(C)C)c1cccc2ccccc12. The van der Waals surface area contributed by atoms with Crippen molar-refractivity contribution in [1.29, 1.82) is 0 Å². The maximum Gasteiger partial charge on any atom is 0.258 e. The van der Waals surface area contributed by atoms with Gasteiger partial charge in [0.15, 0.2) is 12.4 Å². The van der Waals surface area contributed by atoms with E-state index in [2.05, 4.69) is 38.4 Å². The van der Waals surface area contributed by atoms with E-state index in [1.807, 2.05) is 63.5 Å². The molecule has 0 aliphatic heterocycles. The van der Waals surface area contributed by atoms with Gasteiger partial charge in [-0.3, -0.25) is 4.79 Å². The van der Waals surface area contributed by atoms with Crippen molar-refractivity contribution in [2.24, 2.45) is 0 Å². The standard InChI is InChI=1S/C27H28N4O2/c1-19(23-11-6-9-20-8-4-5-10-24(20)23)30-26(32)18-33-25-13-12-21(16-22(25)17-31(2)3)27-28-14-7-15-29-27/h4-16,19H,17-18H2,1-3H3,(H,30,32)/t19-/m0/s1. The van der Waals surface area contributed by atoms with E-state index in [1.54, 1.807) is 18.5 Å². The lowest BCUT2D eigenvalue weighted by molar-refractivity contribution is -0.123.